The molecule has 2 heterocycles. The summed E-state index contributed by atoms with van der Waals surface area (Å²) in [6.45, 7) is 0.499. The van der Waals surface area contributed by atoms with Gasteiger partial charge in [-0.15, -0.1) is 11.3 Å². The maximum absolute atomic E-state index is 12.7. The number of amides is 3. The second-order valence-electron chi connectivity index (χ2n) is 6.00. The fourth-order valence-electron chi connectivity index (χ4n) is 2.66. The summed E-state index contributed by atoms with van der Waals surface area (Å²) in [6.07, 6.45) is 0. The van der Waals surface area contributed by atoms with E-state index >= 15 is 0 Å². The molecule has 0 aliphatic carbocycles. The van der Waals surface area contributed by atoms with E-state index in [0.29, 0.717) is 14.8 Å². The summed E-state index contributed by atoms with van der Waals surface area (Å²) in [4.78, 5) is 49.9. The van der Waals surface area contributed by atoms with Gasteiger partial charge in [0, 0.05) is 0 Å². The van der Waals surface area contributed by atoms with Crippen LogP contribution in [-0.4, -0.2) is 41.7 Å². The number of hydrogen-bond acceptors (Lipinski definition) is 6. The van der Waals surface area contributed by atoms with Gasteiger partial charge in [0.05, 0.1) is 9.21 Å². The second-order valence-corrected chi connectivity index (χ2v) is 7.72. The fourth-order valence-corrected chi connectivity index (χ4v) is 3.63. The van der Waals surface area contributed by atoms with Gasteiger partial charge >= 0.3 is 12.0 Å². The van der Waals surface area contributed by atoms with Crippen LogP contribution in [0.25, 0.3) is 0 Å². The molecule has 3 amide bonds. The molecule has 9 heteroatoms. The number of thiophene rings is 1. The Balaban J connectivity index is 1.62. The highest BCUT2D eigenvalue weighted by Gasteiger charge is 2.49. The average molecular weight is 407 g/mol. The largest absolute Gasteiger partial charge is 0.456 e. The highest BCUT2D eigenvalue weighted by atomic mass is 35.5. The number of halogens is 1. The predicted octanol–water partition coefficient (Wildman–Crippen LogP) is 2.59. The van der Waals surface area contributed by atoms with Crippen molar-refractivity contribution in [2.45, 2.75) is 12.5 Å². The number of nitrogens with zero attached hydrogens (tertiary/aromatic N) is 1. The summed E-state index contributed by atoms with van der Waals surface area (Å²) in [5.74, 6) is -1.83. The molecular weight excluding hydrogens is 392 g/mol. The molecule has 1 fully saturated rings. The molecule has 1 N–H and O–H groups in total. The minimum Gasteiger partial charge on any atom is -0.456 e. The third-order valence-corrected chi connectivity index (χ3v) is 5.40. The van der Waals surface area contributed by atoms with Crippen LogP contribution in [0.15, 0.2) is 42.5 Å². The van der Waals surface area contributed by atoms with E-state index in [0.717, 1.165) is 16.2 Å². The molecular formula is C18H15ClN2O5S. The lowest BCUT2D eigenvalue weighted by Gasteiger charge is -2.21. The Kier molecular flexibility index (Phi) is 5.29. The number of urea groups is 1. The van der Waals surface area contributed by atoms with E-state index in [1.54, 1.807) is 43.3 Å². The van der Waals surface area contributed by atoms with Crippen LogP contribution in [0.3, 0.4) is 0 Å². The molecule has 1 aromatic heterocycles. The molecule has 1 saturated heterocycles. The number of ketones is 1. The van der Waals surface area contributed by atoms with E-state index in [-0.39, 0.29) is 0 Å². The van der Waals surface area contributed by atoms with Gasteiger partial charge in [0.1, 0.15) is 12.1 Å². The summed E-state index contributed by atoms with van der Waals surface area (Å²) in [6, 6.07) is 11.1. The number of carbonyl (C=O) groups is 4. The van der Waals surface area contributed by atoms with Crippen LogP contribution in [0.4, 0.5) is 4.79 Å². The lowest BCUT2D eigenvalue weighted by atomic mass is 9.92. The van der Waals surface area contributed by atoms with Crippen molar-refractivity contribution in [2.75, 3.05) is 13.2 Å². The maximum Gasteiger partial charge on any atom is 0.326 e. The lowest BCUT2D eigenvalue weighted by Crippen LogP contribution is -2.41. The Morgan fingerprint density at radius 2 is 1.89 bits per heavy atom. The Labute approximate surface area is 163 Å². The van der Waals surface area contributed by atoms with E-state index in [4.69, 9.17) is 16.3 Å². The van der Waals surface area contributed by atoms with Gasteiger partial charge in [-0.05, 0) is 24.6 Å². The Morgan fingerprint density at radius 3 is 2.52 bits per heavy atom. The highest BCUT2D eigenvalue weighted by molar-refractivity contribution is 7.18. The maximum atomic E-state index is 12.7. The first kappa shape index (κ1) is 19.1. The number of hydrogen-bond donors (Lipinski definition) is 1. The first-order chi connectivity index (χ1) is 12.8. The number of Topliss-reactive ketones (excluding diaryl/α,β-unsaturated/α-hetero) is 1. The Morgan fingerprint density at radius 1 is 1.19 bits per heavy atom. The topological polar surface area (TPSA) is 92.8 Å². The summed E-state index contributed by atoms with van der Waals surface area (Å²) in [5, 5.41) is 2.59. The van der Waals surface area contributed by atoms with Crippen LogP contribution in [0.5, 0.6) is 0 Å². The zero-order valence-electron chi connectivity index (χ0n) is 14.2. The van der Waals surface area contributed by atoms with Gasteiger partial charge < -0.3 is 10.1 Å². The van der Waals surface area contributed by atoms with E-state index in [1.165, 1.54) is 6.07 Å². The van der Waals surface area contributed by atoms with Crippen LogP contribution in [0.1, 0.15) is 22.2 Å². The quantitative estimate of drug-likeness (QED) is 0.452. The first-order valence-corrected chi connectivity index (χ1v) is 9.14. The number of benzene rings is 1. The molecule has 0 radical (unpaired) electrons. The van der Waals surface area contributed by atoms with Crippen LogP contribution < -0.4 is 5.32 Å². The van der Waals surface area contributed by atoms with Crippen LogP contribution in [0, 0.1) is 0 Å². The van der Waals surface area contributed by atoms with Crippen molar-refractivity contribution in [1.82, 2.24) is 10.2 Å². The number of ether oxygens (including phenoxy) is 1. The van der Waals surface area contributed by atoms with E-state index in [2.05, 4.69) is 5.32 Å². The van der Waals surface area contributed by atoms with Gasteiger partial charge in [-0.2, -0.15) is 0 Å². The van der Waals surface area contributed by atoms with Crippen LogP contribution >= 0.6 is 22.9 Å². The molecule has 1 aliphatic rings. The van der Waals surface area contributed by atoms with Crippen molar-refractivity contribution >= 4 is 46.6 Å². The van der Waals surface area contributed by atoms with Gasteiger partial charge in [-0.25, -0.2) is 4.79 Å². The van der Waals surface area contributed by atoms with Crippen molar-refractivity contribution < 1.29 is 23.9 Å². The normalized spacial score (nSPS) is 19.1. The molecule has 2 aromatic rings. The number of imide groups is 1. The molecule has 0 unspecified atom stereocenters. The minimum atomic E-state index is -1.26. The van der Waals surface area contributed by atoms with Crippen molar-refractivity contribution in [3.8, 4) is 0 Å². The molecule has 7 nitrogen and oxygen atoms in total. The lowest BCUT2D eigenvalue weighted by molar-refractivity contribution is -0.146. The third kappa shape index (κ3) is 3.86. The number of nitrogens with one attached hydrogen (secondary N) is 1. The summed E-state index contributed by atoms with van der Waals surface area (Å²) in [7, 11) is 0. The number of carbonyl (C=O) groups excluding carboxylic acids is 4. The van der Waals surface area contributed by atoms with E-state index in [1.807, 2.05) is 0 Å². The Bertz CT molecular complexity index is 913. The molecule has 140 valence electrons. The van der Waals surface area contributed by atoms with Gasteiger partial charge in [0.25, 0.3) is 5.91 Å². The zero-order chi connectivity index (χ0) is 19.6. The van der Waals surface area contributed by atoms with Crippen molar-refractivity contribution in [3.63, 3.8) is 0 Å². The highest BCUT2D eigenvalue weighted by Crippen LogP contribution is 2.28. The summed E-state index contributed by atoms with van der Waals surface area (Å²) in [5.41, 5.74) is -0.661. The standard InChI is InChI=1S/C18H15ClN2O5S/c1-18(11-5-3-2-4-6-11)16(24)21(17(25)20-18)9-15(23)26-10-12(22)13-7-8-14(19)27-13/h2-8H,9-10H2,1H3,(H,20,25)/t18-/m1/s1. The summed E-state index contributed by atoms with van der Waals surface area (Å²) < 4.78 is 5.35. The van der Waals surface area contributed by atoms with Crippen molar-refractivity contribution in [1.29, 1.82) is 0 Å². The summed E-state index contributed by atoms with van der Waals surface area (Å²) >= 11 is 6.83. The van der Waals surface area contributed by atoms with Crippen molar-refractivity contribution in [2.24, 2.45) is 0 Å². The SMILES string of the molecule is C[C@]1(c2ccccc2)NC(=O)N(CC(=O)OCC(=O)c2ccc(Cl)s2)C1=O. The zero-order valence-corrected chi connectivity index (χ0v) is 15.8. The van der Waals surface area contributed by atoms with Crippen LogP contribution in [0.2, 0.25) is 4.34 Å². The Hall–Kier alpha value is -2.71. The smallest absolute Gasteiger partial charge is 0.326 e. The fraction of sp³-hybridized carbons (Fsp3) is 0.222. The molecule has 3 rings (SSSR count). The molecule has 0 bridgehead atoms. The molecule has 0 spiro atoms. The van der Waals surface area contributed by atoms with Gasteiger partial charge in [0.15, 0.2) is 6.61 Å². The van der Waals surface area contributed by atoms with Gasteiger partial charge in [-0.3, -0.25) is 19.3 Å². The molecule has 1 atom stereocenters. The average Bonchev–Trinajstić information content (AvgIpc) is 3.18. The third-order valence-electron chi connectivity index (χ3n) is 4.13. The van der Waals surface area contributed by atoms with Crippen molar-refractivity contribution in [3.05, 3.63) is 57.2 Å². The minimum absolute atomic E-state index is 0.361. The predicted molar refractivity (Wildman–Crippen MR) is 98.7 cm³/mol. The first-order valence-electron chi connectivity index (χ1n) is 7.95. The molecule has 1 aromatic carbocycles. The molecule has 27 heavy (non-hydrogen) atoms. The van der Waals surface area contributed by atoms with Gasteiger partial charge in [-0.1, -0.05) is 41.9 Å². The van der Waals surface area contributed by atoms with E-state index < -0.39 is 42.4 Å². The number of esters is 1. The number of rotatable bonds is 6. The monoisotopic (exact) mass is 406 g/mol. The second kappa shape index (κ2) is 7.50. The van der Waals surface area contributed by atoms with E-state index in [9.17, 15) is 19.2 Å². The molecule has 0 saturated carbocycles. The van der Waals surface area contributed by atoms with Crippen LogP contribution in [-0.2, 0) is 19.9 Å². The van der Waals surface area contributed by atoms with Gasteiger partial charge in [0.2, 0.25) is 5.78 Å². The molecule has 1 aliphatic heterocycles.